The van der Waals surface area contributed by atoms with Gasteiger partial charge in [-0.1, -0.05) is 12.1 Å². The first-order chi connectivity index (χ1) is 12.9. The topological polar surface area (TPSA) is 72.9 Å². The number of carbonyl (C=O) groups is 1. The van der Waals surface area contributed by atoms with E-state index in [0.717, 1.165) is 5.41 Å². The summed E-state index contributed by atoms with van der Waals surface area (Å²) in [4.78, 5) is 14.4. The van der Waals surface area contributed by atoms with E-state index in [0.29, 0.717) is 17.2 Å². The zero-order valence-corrected chi connectivity index (χ0v) is 15.6. The summed E-state index contributed by atoms with van der Waals surface area (Å²) < 4.78 is 48.6. The maximum Gasteiger partial charge on any atom is 0.261 e. The molecular weight excluding hydrogens is 373 g/mol. The lowest BCUT2D eigenvalue weighted by Crippen LogP contribution is -2.41. The summed E-state index contributed by atoms with van der Waals surface area (Å²) in [6, 6.07) is 9.53. The first-order valence-electron chi connectivity index (χ1n) is 8.07. The first kappa shape index (κ1) is 18.9. The lowest BCUT2D eigenvalue weighted by atomic mass is 10.1. The maximum absolute atomic E-state index is 14.2. The summed E-state index contributed by atoms with van der Waals surface area (Å²) in [7, 11) is -0.529. The molecule has 142 valence electrons. The van der Waals surface area contributed by atoms with Crippen LogP contribution in [0.4, 0.5) is 10.1 Å². The Balaban J connectivity index is 2.13. The summed E-state index contributed by atoms with van der Waals surface area (Å²) in [5.74, 6) is -0.837. The van der Waals surface area contributed by atoms with Crippen LogP contribution in [0, 0.1) is 5.82 Å². The number of hydrogen-bond acceptors (Lipinski definition) is 5. The normalized spacial score (nSPS) is 17.5. The van der Waals surface area contributed by atoms with Crippen LogP contribution in [0.15, 0.2) is 53.9 Å². The molecule has 3 rings (SSSR count). The van der Waals surface area contributed by atoms with E-state index in [1.807, 2.05) is 0 Å². The second-order valence-electron chi connectivity index (χ2n) is 5.92. The van der Waals surface area contributed by atoms with Crippen molar-refractivity contribution in [1.82, 2.24) is 0 Å². The average molecular weight is 391 g/mol. The van der Waals surface area contributed by atoms with Crippen LogP contribution in [0.3, 0.4) is 0 Å². The van der Waals surface area contributed by atoms with Gasteiger partial charge in [0.05, 0.1) is 37.3 Å². The first-order valence-corrected chi connectivity index (χ1v) is 9.79. The van der Waals surface area contributed by atoms with Crippen LogP contribution in [0.2, 0.25) is 0 Å². The van der Waals surface area contributed by atoms with E-state index >= 15 is 0 Å². The van der Waals surface area contributed by atoms with Crippen molar-refractivity contribution in [3.05, 3.63) is 65.3 Å². The maximum atomic E-state index is 14.2. The van der Waals surface area contributed by atoms with Crippen molar-refractivity contribution in [2.75, 3.05) is 24.9 Å². The highest BCUT2D eigenvalue weighted by Crippen LogP contribution is 2.36. The third-order valence-electron chi connectivity index (χ3n) is 4.21. The van der Waals surface area contributed by atoms with Crippen LogP contribution in [-0.4, -0.2) is 40.3 Å². The zero-order chi connectivity index (χ0) is 19.6. The molecule has 0 bridgehead atoms. The minimum atomic E-state index is -3.44. The number of methoxy groups -OCH3 is 2. The van der Waals surface area contributed by atoms with Gasteiger partial charge in [0, 0.05) is 11.5 Å². The minimum Gasteiger partial charge on any atom is -0.497 e. The number of amides is 1. The summed E-state index contributed by atoms with van der Waals surface area (Å²) in [6.07, 6.45) is 1.41. The van der Waals surface area contributed by atoms with Crippen molar-refractivity contribution >= 4 is 21.4 Å². The van der Waals surface area contributed by atoms with E-state index in [9.17, 15) is 17.6 Å². The van der Waals surface area contributed by atoms with Crippen LogP contribution >= 0.6 is 0 Å². The Morgan fingerprint density at radius 2 is 1.89 bits per heavy atom. The molecular formula is C19H18FNO5S. The molecule has 1 atom stereocenters. The highest BCUT2D eigenvalue weighted by Gasteiger charge is 2.34. The summed E-state index contributed by atoms with van der Waals surface area (Å²) >= 11 is 0. The number of nitrogens with zero attached hydrogens (tertiary/aromatic N) is 1. The highest BCUT2D eigenvalue weighted by atomic mass is 32.2. The quantitative estimate of drug-likeness (QED) is 0.784. The van der Waals surface area contributed by atoms with E-state index < -0.39 is 27.6 Å². The number of carbonyl (C=O) groups excluding carboxylic acids is 1. The second-order valence-corrected chi connectivity index (χ2v) is 7.85. The van der Waals surface area contributed by atoms with Crippen LogP contribution in [0.5, 0.6) is 11.5 Å². The molecule has 0 saturated carbocycles. The smallest absolute Gasteiger partial charge is 0.261 e. The fourth-order valence-corrected chi connectivity index (χ4v) is 4.18. The average Bonchev–Trinajstić information content (AvgIpc) is 3.01. The number of anilines is 1. The third-order valence-corrected chi connectivity index (χ3v) is 5.59. The van der Waals surface area contributed by atoms with Crippen molar-refractivity contribution in [3.63, 3.8) is 0 Å². The Kier molecular flexibility index (Phi) is 5.18. The van der Waals surface area contributed by atoms with Crippen molar-refractivity contribution in [1.29, 1.82) is 0 Å². The van der Waals surface area contributed by atoms with Gasteiger partial charge in [0.1, 0.15) is 17.3 Å². The molecule has 1 heterocycles. The van der Waals surface area contributed by atoms with Crippen molar-refractivity contribution in [2.45, 2.75) is 6.04 Å². The monoisotopic (exact) mass is 391 g/mol. The molecule has 0 spiro atoms. The molecule has 1 aliphatic heterocycles. The van der Waals surface area contributed by atoms with Crippen molar-refractivity contribution in [3.8, 4) is 11.5 Å². The van der Waals surface area contributed by atoms with Crippen LogP contribution in [0.25, 0.3) is 0 Å². The zero-order valence-electron chi connectivity index (χ0n) is 14.8. The molecule has 8 heteroatoms. The molecule has 0 fully saturated rings. The standard InChI is InChI=1S/C19H18FNO5S/c1-25-14-7-8-17(18(11-14)26-2)21(13-9-10-27(23,24)12-13)19(22)15-5-3-4-6-16(15)20/h3-11,13H,12H2,1-2H3. The molecule has 0 aliphatic carbocycles. The van der Waals surface area contributed by atoms with E-state index in [4.69, 9.17) is 9.47 Å². The molecule has 0 saturated heterocycles. The van der Waals surface area contributed by atoms with Gasteiger partial charge in [-0.15, -0.1) is 0 Å². The molecule has 0 N–H and O–H groups in total. The predicted octanol–water partition coefficient (Wildman–Crippen LogP) is 2.80. The molecule has 0 aromatic heterocycles. The van der Waals surface area contributed by atoms with E-state index in [-0.39, 0.29) is 11.3 Å². The molecule has 27 heavy (non-hydrogen) atoms. The van der Waals surface area contributed by atoms with Gasteiger partial charge in [0.2, 0.25) is 0 Å². The number of halogens is 1. The molecule has 2 aromatic rings. The van der Waals surface area contributed by atoms with E-state index in [2.05, 4.69) is 0 Å². The van der Waals surface area contributed by atoms with E-state index in [1.54, 1.807) is 24.3 Å². The Bertz CT molecular complexity index is 1000. The van der Waals surface area contributed by atoms with Gasteiger partial charge < -0.3 is 9.47 Å². The molecule has 1 amide bonds. The Morgan fingerprint density at radius 3 is 2.48 bits per heavy atom. The largest absolute Gasteiger partial charge is 0.497 e. The number of ether oxygens (including phenoxy) is 2. The van der Waals surface area contributed by atoms with Crippen LogP contribution in [0.1, 0.15) is 10.4 Å². The van der Waals surface area contributed by atoms with Gasteiger partial charge >= 0.3 is 0 Å². The van der Waals surface area contributed by atoms with Gasteiger partial charge in [-0.2, -0.15) is 0 Å². The SMILES string of the molecule is COc1ccc(N(C(=O)c2ccccc2F)C2C=CS(=O)(=O)C2)c(OC)c1. The summed E-state index contributed by atoms with van der Waals surface area (Å²) in [5, 5.41) is 1.06. The van der Waals surface area contributed by atoms with Gasteiger partial charge in [0.25, 0.3) is 5.91 Å². The van der Waals surface area contributed by atoms with Gasteiger partial charge in [-0.25, -0.2) is 12.8 Å². The number of hydrogen-bond donors (Lipinski definition) is 0. The number of sulfone groups is 1. The molecule has 0 radical (unpaired) electrons. The van der Waals surface area contributed by atoms with Gasteiger partial charge in [0.15, 0.2) is 9.84 Å². The third kappa shape index (κ3) is 3.80. The lowest BCUT2D eigenvalue weighted by Gasteiger charge is -2.29. The summed E-state index contributed by atoms with van der Waals surface area (Å²) in [6.45, 7) is 0. The molecule has 6 nitrogen and oxygen atoms in total. The van der Waals surface area contributed by atoms with Gasteiger partial charge in [-0.05, 0) is 30.3 Å². The highest BCUT2D eigenvalue weighted by molar-refractivity contribution is 7.94. The predicted molar refractivity (Wildman–Crippen MR) is 99.5 cm³/mol. The fraction of sp³-hybridized carbons (Fsp3) is 0.211. The van der Waals surface area contributed by atoms with Crippen LogP contribution < -0.4 is 14.4 Å². The molecule has 1 aliphatic rings. The minimum absolute atomic E-state index is 0.159. The number of benzene rings is 2. The second kappa shape index (κ2) is 7.40. The van der Waals surface area contributed by atoms with Crippen molar-refractivity contribution < 1.29 is 27.1 Å². The Morgan fingerprint density at radius 1 is 1.15 bits per heavy atom. The summed E-state index contributed by atoms with van der Waals surface area (Å²) in [5.41, 5.74) is 0.159. The Labute approximate surface area is 156 Å². The Hall–Kier alpha value is -2.87. The van der Waals surface area contributed by atoms with Crippen LogP contribution in [-0.2, 0) is 9.84 Å². The van der Waals surface area contributed by atoms with Crippen molar-refractivity contribution in [2.24, 2.45) is 0 Å². The molecule has 2 aromatic carbocycles. The lowest BCUT2D eigenvalue weighted by molar-refractivity contribution is 0.0978. The fourth-order valence-electron chi connectivity index (χ4n) is 2.91. The van der Waals surface area contributed by atoms with E-state index in [1.165, 1.54) is 43.4 Å². The number of rotatable bonds is 5. The molecule has 1 unspecified atom stereocenters. The van der Waals surface area contributed by atoms with Gasteiger partial charge in [-0.3, -0.25) is 9.69 Å².